The molecule has 3 aromatic carbocycles. The Labute approximate surface area is 231 Å². The summed E-state index contributed by atoms with van der Waals surface area (Å²) in [6.07, 6.45) is 3.05. The first-order chi connectivity index (χ1) is 19.5. The van der Waals surface area contributed by atoms with Gasteiger partial charge in [0.2, 0.25) is 0 Å². The highest BCUT2D eigenvalue weighted by molar-refractivity contribution is 6.21. The second-order valence-corrected chi connectivity index (χ2v) is 11.0. The Bertz CT molecular complexity index is 1470. The molecule has 3 atom stereocenters. The molecule has 202 valence electrons. The van der Waals surface area contributed by atoms with Crippen LogP contribution in [0.15, 0.2) is 72.8 Å². The van der Waals surface area contributed by atoms with E-state index in [9.17, 15) is 19.2 Å². The van der Waals surface area contributed by atoms with Crippen LogP contribution in [0.3, 0.4) is 0 Å². The molecule has 8 heteroatoms. The second-order valence-electron chi connectivity index (χ2n) is 11.0. The van der Waals surface area contributed by atoms with Gasteiger partial charge in [-0.1, -0.05) is 78.6 Å². The van der Waals surface area contributed by atoms with E-state index < -0.39 is 29.9 Å². The fraction of sp³-hybridized carbons (Fsp3) is 0.312. The molecule has 2 heterocycles. The average molecular weight is 537 g/mol. The molecule has 3 amide bonds. The molecular formula is C32H28N2O6. The highest BCUT2D eigenvalue weighted by Gasteiger charge is 2.51. The van der Waals surface area contributed by atoms with Crippen molar-refractivity contribution in [2.45, 2.75) is 37.6 Å². The van der Waals surface area contributed by atoms with Crippen molar-refractivity contribution in [1.29, 1.82) is 0 Å². The third-order valence-corrected chi connectivity index (χ3v) is 8.89. The summed E-state index contributed by atoms with van der Waals surface area (Å²) in [5.74, 6) is -2.23. The minimum Gasteiger partial charge on any atom is -0.448 e. The van der Waals surface area contributed by atoms with Crippen molar-refractivity contribution in [2.24, 2.45) is 11.8 Å². The number of imide groups is 1. The summed E-state index contributed by atoms with van der Waals surface area (Å²) >= 11 is 0. The summed E-state index contributed by atoms with van der Waals surface area (Å²) in [5, 5.41) is 0.527. The Morgan fingerprint density at radius 1 is 0.750 bits per heavy atom. The predicted octanol–water partition coefficient (Wildman–Crippen LogP) is 5.18. The normalized spacial score (nSPS) is 22.9. The maximum Gasteiger partial charge on any atom is 0.410 e. The summed E-state index contributed by atoms with van der Waals surface area (Å²) in [4.78, 5) is 59.7. The molecule has 4 aliphatic rings. The third kappa shape index (κ3) is 3.81. The fourth-order valence-corrected chi connectivity index (χ4v) is 7.04. The van der Waals surface area contributed by atoms with Crippen molar-refractivity contribution < 1.29 is 28.8 Å². The molecule has 7 rings (SSSR count). The Kier molecular flexibility index (Phi) is 5.91. The van der Waals surface area contributed by atoms with Gasteiger partial charge in [0.25, 0.3) is 11.8 Å². The Morgan fingerprint density at radius 3 is 1.93 bits per heavy atom. The maximum atomic E-state index is 13.6. The first-order valence-electron chi connectivity index (χ1n) is 13.8. The van der Waals surface area contributed by atoms with Gasteiger partial charge in [0.15, 0.2) is 0 Å². The smallest absolute Gasteiger partial charge is 0.410 e. The van der Waals surface area contributed by atoms with Crippen LogP contribution < -0.4 is 0 Å². The molecular weight excluding hydrogens is 508 g/mol. The van der Waals surface area contributed by atoms with Crippen LogP contribution in [0, 0.1) is 11.8 Å². The Hall–Kier alpha value is -4.46. The predicted molar refractivity (Wildman–Crippen MR) is 144 cm³/mol. The summed E-state index contributed by atoms with van der Waals surface area (Å²) in [6.45, 7) is 0.516. The van der Waals surface area contributed by atoms with Gasteiger partial charge in [0, 0.05) is 12.5 Å². The number of hydrogen-bond acceptors (Lipinski definition) is 6. The summed E-state index contributed by atoms with van der Waals surface area (Å²) in [6, 6.07) is 21.7. The molecule has 1 unspecified atom stereocenters. The van der Waals surface area contributed by atoms with Crippen molar-refractivity contribution >= 4 is 23.9 Å². The number of carbonyl (C=O) groups excluding carboxylic acids is 4. The van der Waals surface area contributed by atoms with Crippen LogP contribution in [-0.4, -0.2) is 53.0 Å². The number of nitrogens with zero attached hydrogens (tertiary/aromatic N) is 2. The van der Waals surface area contributed by atoms with Crippen LogP contribution in [0.1, 0.15) is 63.4 Å². The lowest BCUT2D eigenvalue weighted by Crippen LogP contribution is -2.47. The van der Waals surface area contributed by atoms with Crippen molar-refractivity contribution in [3.05, 3.63) is 95.1 Å². The first-order valence-corrected chi connectivity index (χ1v) is 13.8. The average Bonchev–Trinajstić information content (AvgIpc) is 3.61. The maximum absolute atomic E-state index is 13.6. The van der Waals surface area contributed by atoms with Gasteiger partial charge in [-0.2, -0.15) is 0 Å². The largest absolute Gasteiger partial charge is 0.448 e. The van der Waals surface area contributed by atoms with Gasteiger partial charge >= 0.3 is 12.1 Å². The van der Waals surface area contributed by atoms with Crippen LogP contribution in [0.5, 0.6) is 0 Å². The van der Waals surface area contributed by atoms with E-state index >= 15 is 0 Å². The van der Waals surface area contributed by atoms with Crippen LogP contribution in [0.4, 0.5) is 4.79 Å². The number of fused-ring (bicyclic) bond motifs is 5. The standard InChI is InChI=1S/C32H28N2O6/c35-29-25-15-7-8-16-26(25)30(36)34(29)40-31(37)28-20-10-2-1-9-19(20)17-33(28)32(38)39-18-27-23-13-5-3-11-21(23)22-12-4-6-14-24(22)27/h3-8,11-16,19-20,27-28H,1-2,9-10,17-18H2/t19-,20-,28?/m0/s1. The summed E-state index contributed by atoms with van der Waals surface area (Å²) < 4.78 is 5.90. The lowest BCUT2D eigenvalue weighted by atomic mass is 9.78. The number of ether oxygens (including phenoxy) is 1. The van der Waals surface area contributed by atoms with Gasteiger partial charge < -0.3 is 9.57 Å². The zero-order valence-corrected chi connectivity index (χ0v) is 21.8. The molecule has 0 radical (unpaired) electrons. The summed E-state index contributed by atoms with van der Waals surface area (Å²) in [7, 11) is 0. The lowest BCUT2D eigenvalue weighted by molar-refractivity contribution is -0.175. The molecule has 8 nitrogen and oxygen atoms in total. The Balaban J connectivity index is 1.11. The minimum absolute atomic E-state index is 0.107. The first kappa shape index (κ1) is 24.6. The van der Waals surface area contributed by atoms with E-state index in [1.165, 1.54) is 17.0 Å². The Morgan fingerprint density at radius 2 is 1.30 bits per heavy atom. The van der Waals surface area contributed by atoms with E-state index in [1.54, 1.807) is 12.1 Å². The quantitative estimate of drug-likeness (QED) is 0.427. The van der Waals surface area contributed by atoms with Crippen molar-refractivity contribution in [2.75, 3.05) is 13.2 Å². The molecule has 0 bridgehead atoms. The van der Waals surface area contributed by atoms with E-state index in [0.29, 0.717) is 11.6 Å². The number of hydroxylamine groups is 2. The zero-order valence-electron chi connectivity index (χ0n) is 21.8. The molecule has 1 saturated carbocycles. The molecule has 2 fully saturated rings. The molecule has 0 aromatic heterocycles. The molecule has 0 N–H and O–H groups in total. The number of carbonyl (C=O) groups is 4. The molecule has 1 saturated heterocycles. The van der Waals surface area contributed by atoms with Crippen molar-refractivity contribution in [3.8, 4) is 11.1 Å². The zero-order chi connectivity index (χ0) is 27.4. The van der Waals surface area contributed by atoms with Crippen molar-refractivity contribution in [1.82, 2.24) is 9.96 Å². The van der Waals surface area contributed by atoms with Gasteiger partial charge in [0.05, 0.1) is 11.1 Å². The van der Waals surface area contributed by atoms with E-state index in [-0.39, 0.29) is 35.5 Å². The number of hydrogen-bond donors (Lipinski definition) is 0. The van der Waals surface area contributed by atoms with Crippen LogP contribution in [0.25, 0.3) is 11.1 Å². The molecule has 2 aliphatic heterocycles. The van der Waals surface area contributed by atoms with Gasteiger partial charge in [-0.15, -0.1) is 0 Å². The van der Waals surface area contributed by atoms with Gasteiger partial charge in [0.1, 0.15) is 12.6 Å². The van der Waals surface area contributed by atoms with E-state index in [1.807, 2.05) is 24.3 Å². The topological polar surface area (TPSA) is 93.2 Å². The van der Waals surface area contributed by atoms with Crippen LogP contribution in [0.2, 0.25) is 0 Å². The second kappa shape index (κ2) is 9.62. The number of rotatable bonds is 4. The van der Waals surface area contributed by atoms with Gasteiger partial charge in [-0.05, 0) is 59.1 Å². The molecule has 3 aromatic rings. The van der Waals surface area contributed by atoms with Crippen LogP contribution in [-0.2, 0) is 14.4 Å². The highest BCUT2D eigenvalue weighted by Crippen LogP contribution is 2.45. The number of benzene rings is 3. The van der Waals surface area contributed by atoms with E-state index in [0.717, 1.165) is 47.9 Å². The third-order valence-electron chi connectivity index (χ3n) is 8.89. The SMILES string of the molecule is O=C(ON1C(=O)c2ccccc2C1=O)C1[C@H]2CCCC[C@H]2CN1C(=O)OCC1c2ccccc2-c2ccccc21. The van der Waals surface area contributed by atoms with Gasteiger partial charge in [-0.3, -0.25) is 14.5 Å². The molecule has 2 aliphatic carbocycles. The number of likely N-dealkylation sites (tertiary alicyclic amines) is 1. The highest BCUT2D eigenvalue weighted by atomic mass is 16.7. The lowest BCUT2D eigenvalue weighted by Gasteiger charge is -2.29. The van der Waals surface area contributed by atoms with E-state index in [4.69, 9.17) is 9.57 Å². The fourth-order valence-electron chi connectivity index (χ4n) is 7.04. The molecule has 40 heavy (non-hydrogen) atoms. The monoisotopic (exact) mass is 536 g/mol. The van der Waals surface area contributed by atoms with Gasteiger partial charge in [-0.25, -0.2) is 9.59 Å². The van der Waals surface area contributed by atoms with E-state index in [2.05, 4.69) is 24.3 Å². The summed E-state index contributed by atoms with van der Waals surface area (Å²) in [5.41, 5.74) is 4.86. The molecule has 0 spiro atoms. The van der Waals surface area contributed by atoms with Crippen molar-refractivity contribution in [3.63, 3.8) is 0 Å². The van der Waals surface area contributed by atoms with Crippen LogP contribution >= 0.6 is 0 Å². The minimum atomic E-state index is -0.926. The number of amides is 3.